The van der Waals surface area contributed by atoms with E-state index in [0.29, 0.717) is 31.7 Å². The number of hydrogen-bond acceptors (Lipinski definition) is 6. The number of carbonyl (C=O) groups excluding carboxylic acids is 3. The van der Waals surface area contributed by atoms with Crippen molar-refractivity contribution in [2.45, 2.75) is 38.5 Å². The van der Waals surface area contributed by atoms with Crippen LogP contribution in [-0.4, -0.2) is 54.8 Å². The van der Waals surface area contributed by atoms with Crippen molar-refractivity contribution >= 4 is 18.0 Å². The average Bonchev–Trinajstić information content (AvgIpc) is 3.32. The lowest BCUT2D eigenvalue weighted by Crippen LogP contribution is -2.47. The summed E-state index contributed by atoms with van der Waals surface area (Å²) in [5.41, 5.74) is 1.23. The highest BCUT2D eigenvalue weighted by atomic mass is 16.6. The number of hydrogen-bond donors (Lipinski definition) is 1. The average molecular weight is 388 g/mol. The Morgan fingerprint density at radius 2 is 2.07 bits per heavy atom. The maximum Gasteiger partial charge on any atom is 0.410 e. The highest BCUT2D eigenvalue weighted by Gasteiger charge is 2.37. The van der Waals surface area contributed by atoms with Gasteiger partial charge in [-0.1, -0.05) is 30.3 Å². The fourth-order valence-corrected chi connectivity index (χ4v) is 3.21. The third-order valence-electron chi connectivity index (χ3n) is 4.61. The number of nitrogens with zero attached hydrogens (tertiary/aromatic N) is 1. The van der Waals surface area contributed by atoms with Gasteiger partial charge in [0, 0.05) is 19.2 Å². The number of nitrogens with one attached hydrogen (secondary N) is 1. The van der Waals surface area contributed by atoms with Crippen LogP contribution in [-0.2, 0) is 30.4 Å². The molecule has 0 bridgehead atoms. The summed E-state index contributed by atoms with van der Waals surface area (Å²) in [5.74, 6) is -0.884. The molecular formula is C20H24N2O6. The van der Waals surface area contributed by atoms with E-state index in [4.69, 9.17) is 14.2 Å². The van der Waals surface area contributed by atoms with Crippen LogP contribution in [0.3, 0.4) is 0 Å². The fraction of sp³-hybridized carbons (Fsp3) is 0.450. The first-order valence-corrected chi connectivity index (χ1v) is 9.36. The second kappa shape index (κ2) is 9.36. The number of amides is 2. The van der Waals surface area contributed by atoms with Crippen molar-refractivity contribution in [1.29, 1.82) is 0 Å². The molecule has 2 heterocycles. The molecule has 1 aromatic rings. The molecule has 8 nitrogen and oxygen atoms in total. The lowest BCUT2D eigenvalue weighted by atomic mass is 10.2. The van der Waals surface area contributed by atoms with Gasteiger partial charge >= 0.3 is 12.1 Å². The van der Waals surface area contributed by atoms with Crippen molar-refractivity contribution in [2.24, 2.45) is 0 Å². The van der Waals surface area contributed by atoms with Gasteiger partial charge in [0.25, 0.3) is 0 Å². The number of benzene rings is 1. The van der Waals surface area contributed by atoms with Gasteiger partial charge < -0.3 is 19.5 Å². The van der Waals surface area contributed by atoms with E-state index < -0.39 is 24.2 Å². The number of ether oxygens (including phenoxy) is 3. The van der Waals surface area contributed by atoms with Crippen molar-refractivity contribution in [3.05, 3.63) is 47.7 Å². The molecule has 0 aromatic heterocycles. The van der Waals surface area contributed by atoms with Crippen molar-refractivity contribution in [1.82, 2.24) is 10.2 Å². The molecule has 2 atom stereocenters. The largest absolute Gasteiger partial charge is 0.450 e. The highest BCUT2D eigenvalue weighted by molar-refractivity contribution is 5.91. The Morgan fingerprint density at radius 3 is 2.82 bits per heavy atom. The molecule has 1 fully saturated rings. The van der Waals surface area contributed by atoms with E-state index in [9.17, 15) is 14.4 Å². The van der Waals surface area contributed by atoms with Gasteiger partial charge in [0.1, 0.15) is 12.6 Å². The van der Waals surface area contributed by atoms with Gasteiger partial charge in [0.15, 0.2) is 6.10 Å². The number of rotatable bonds is 7. The quantitative estimate of drug-likeness (QED) is 0.715. The minimum atomic E-state index is -0.646. The standard InChI is InChI=1S/C20H24N2O6/c1-2-26-13-17-15(11-18(23)28-17)21-19(24)16-9-6-10-22(16)20(25)27-12-14-7-4-3-5-8-14/h3-5,7-8,11,16-17H,2,6,9-10,12-13H2,1H3,(H,21,24)/t16-,17?/m0/s1. The van der Waals surface area contributed by atoms with Gasteiger partial charge in [-0.05, 0) is 25.3 Å². The summed E-state index contributed by atoms with van der Waals surface area (Å²) in [7, 11) is 0. The van der Waals surface area contributed by atoms with Crippen LogP contribution < -0.4 is 5.32 Å². The molecule has 0 radical (unpaired) electrons. The van der Waals surface area contributed by atoms with Gasteiger partial charge in [-0.25, -0.2) is 9.59 Å². The van der Waals surface area contributed by atoms with Crippen LogP contribution in [0.5, 0.6) is 0 Å². The number of carbonyl (C=O) groups is 3. The summed E-state index contributed by atoms with van der Waals surface area (Å²) in [6.45, 7) is 3.06. The monoisotopic (exact) mass is 388 g/mol. The van der Waals surface area contributed by atoms with E-state index in [1.54, 1.807) is 0 Å². The normalized spacial score (nSPS) is 21.2. The van der Waals surface area contributed by atoms with Crippen LogP contribution in [0, 0.1) is 0 Å². The molecule has 0 aliphatic carbocycles. The second-order valence-electron chi connectivity index (χ2n) is 6.57. The number of cyclic esters (lactones) is 1. The Bertz CT molecular complexity index is 748. The minimum absolute atomic E-state index is 0.147. The molecule has 1 unspecified atom stereocenters. The topological polar surface area (TPSA) is 94.2 Å². The van der Waals surface area contributed by atoms with E-state index in [0.717, 1.165) is 5.56 Å². The predicted molar refractivity (Wildman–Crippen MR) is 99.0 cm³/mol. The molecule has 3 rings (SSSR count). The molecule has 1 N–H and O–H groups in total. The van der Waals surface area contributed by atoms with Gasteiger partial charge in [0.05, 0.1) is 12.3 Å². The van der Waals surface area contributed by atoms with Crippen molar-refractivity contribution in [3.8, 4) is 0 Å². The Morgan fingerprint density at radius 1 is 1.29 bits per heavy atom. The summed E-state index contributed by atoms with van der Waals surface area (Å²) in [5, 5.41) is 2.72. The van der Waals surface area contributed by atoms with Crippen molar-refractivity contribution in [2.75, 3.05) is 19.8 Å². The molecule has 1 saturated heterocycles. The summed E-state index contributed by atoms with van der Waals surface area (Å²) in [4.78, 5) is 38.1. The summed E-state index contributed by atoms with van der Waals surface area (Å²) >= 11 is 0. The summed E-state index contributed by atoms with van der Waals surface area (Å²) in [6.07, 6.45) is 1.31. The van der Waals surface area contributed by atoms with Crippen LogP contribution in [0.15, 0.2) is 42.1 Å². The Kier molecular flexibility index (Phi) is 6.65. The van der Waals surface area contributed by atoms with Gasteiger partial charge in [-0.3, -0.25) is 9.69 Å². The van der Waals surface area contributed by atoms with Crippen LogP contribution in [0.1, 0.15) is 25.3 Å². The molecular weight excluding hydrogens is 364 g/mol. The predicted octanol–water partition coefficient (Wildman–Crippen LogP) is 1.75. The Balaban J connectivity index is 1.57. The van der Waals surface area contributed by atoms with Crippen molar-refractivity contribution in [3.63, 3.8) is 0 Å². The van der Waals surface area contributed by atoms with E-state index in [1.807, 2.05) is 37.3 Å². The Hall–Kier alpha value is -2.87. The molecule has 28 heavy (non-hydrogen) atoms. The first-order valence-electron chi connectivity index (χ1n) is 9.36. The number of likely N-dealkylation sites (tertiary alicyclic amines) is 1. The van der Waals surface area contributed by atoms with Crippen LogP contribution in [0.2, 0.25) is 0 Å². The van der Waals surface area contributed by atoms with Crippen molar-refractivity contribution < 1.29 is 28.6 Å². The lowest BCUT2D eigenvalue weighted by molar-refractivity contribution is -0.141. The molecule has 8 heteroatoms. The van der Waals surface area contributed by atoms with Crippen LogP contribution in [0.25, 0.3) is 0 Å². The smallest absolute Gasteiger partial charge is 0.410 e. The zero-order valence-corrected chi connectivity index (χ0v) is 15.8. The zero-order chi connectivity index (χ0) is 19.9. The molecule has 1 aromatic carbocycles. The molecule has 2 amide bonds. The molecule has 2 aliphatic heterocycles. The zero-order valence-electron chi connectivity index (χ0n) is 15.8. The lowest BCUT2D eigenvalue weighted by Gasteiger charge is -2.24. The third kappa shape index (κ3) is 4.89. The molecule has 2 aliphatic rings. The summed E-state index contributed by atoms with van der Waals surface area (Å²) in [6, 6.07) is 8.70. The van der Waals surface area contributed by atoms with Gasteiger partial charge in [0.2, 0.25) is 5.91 Å². The van der Waals surface area contributed by atoms with Gasteiger partial charge in [-0.15, -0.1) is 0 Å². The maximum absolute atomic E-state index is 12.7. The highest BCUT2D eigenvalue weighted by Crippen LogP contribution is 2.21. The van der Waals surface area contributed by atoms with Crippen LogP contribution >= 0.6 is 0 Å². The second-order valence-corrected chi connectivity index (χ2v) is 6.57. The first-order chi connectivity index (χ1) is 13.6. The molecule has 0 saturated carbocycles. The van der Waals surface area contributed by atoms with Gasteiger partial charge in [-0.2, -0.15) is 0 Å². The first kappa shape index (κ1) is 19.9. The summed E-state index contributed by atoms with van der Waals surface area (Å²) < 4.78 is 15.8. The van der Waals surface area contributed by atoms with E-state index in [2.05, 4.69) is 5.32 Å². The SMILES string of the molecule is CCOCC1OC(=O)C=C1NC(=O)[C@@H]1CCCN1C(=O)OCc1ccccc1. The maximum atomic E-state index is 12.7. The molecule has 150 valence electrons. The minimum Gasteiger partial charge on any atom is -0.450 e. The Labute approximate surface area is 163 Å². The van der Waals surface area contributed by atoms with E-state index in [1.165, 1.54) is 11.0 Å². The third-order valence-corrected chi connectivity index (χ3v) is 4.61. The fourth-order valence-electron chi connectivity index (χ4n) is 3.21. The van der Waals surface area contributed by atoms with E-state index in [-0.39, 0.29) is 19.1 Å². The van der Waals surface area contributed by atoms with Crippen LogP contribution in [0.4, 0.5) is 4.79 Å². The van der Waals surface area contributed by atoms with E-state index >= 15 is 0 Å². The number of esters is 1. The molecule has 0 spiro atoms.